The molecule has 0 spiro atoms. The fraction of sp³-hybridized carbons (Fsp3) is 0.444. The Morgan fingerprint density at radius 2 is 1.48 bits per heavy atom. The van der Waals surface area contributed by atoms with E-state index in [0.29, 0.717) is 0 Å². The molecular formula is C18H20F3NO7. The van der Waals surface area contributed by atoms with Crippen molar-refractivity contribution in [3.05, 3.63) is 35.4 Å². The first-order chi connectivity index (χ1) is 13.5. The largest absolute Gasteiger partial charge is 0.469 e. The van der Waals surface area contributed by atoms with Crippen LogP contribution in [0.4, 0.5) is 13.2 Å². The summed E-state index contributed by atoms with van der Waals surface area (Å²) in [4.78, 5) is 47.9. The third-order valence-corrected chi connectivity index (χ3v) is 3.94. The third kappa shape index (κ3) is 7.09. The minimum Gasteiger partial charge on any atom is -0.469 e. The number of amides is 1. The molecule has 1 amide bonds. The molecule has 2 atom stereocenters. The monoisotopic (exact) mass is 419 g/mol. The Morgan fingerprint density at radius 1 is 0.931 bits per heavy atom. The van der Waals surface area contributed by atoms with Gasteiger partial charge in [0, 0.05) is 0 Å². The number of halogens is 3. The number of carbonyl (C=O) groups excluding carboxylic acids is 4. The number of alkyl halides is 3. The van der Waals surface area contributed by atoms with Gasteiger partial charge in [-0.3, -0.25) is 14.4 Å². The lowest BCUT2D eigenvalue weighted by molar-refractivity contribution is -0.159. The summed E-state index contributed by atoms with van der Waals surface area (Å²) in [6.45, 7) is 0. The SMILES string of the molecule is COC(=O)C[C@@H](C(=O)OC)[C@H](NC(=O)Cc1ccc(C(F)(F)F)cc1)C(=O)OC. The quantitative estimate of drug-likeness (QED) is 0.499. The summed E-state index contributed by atoms with van der Waals surface area (Å²) in [5, 5.41) is 2.26. The van der Waals surface area contributed by atoms with Crippen molar-refractivity contribution in [2.24, 2.45) is 5.92 Å². The van der Waals surface area contributed by atoms with Gasteiger partial charge in [-0.1, -0.05) is 12.1 Å². The van der Waals surface area contributed by atoms with E-state index in [2.05, 4.69) is 19.5 Å². The molecule has 0 bridgehead atoms. The molecule has 0 aliphatic rings. The molecule has 0 unspecified atom stereocenters. The number of benzene rings is 1. The van der Waals surface area contributed by atoms with E-state index in [1.165, 1.54) is 0 Å². The summed E-state index contributed by atoms with van der Waals surface area (Å²) >= 11 is 0. The van der Waals surface area contributed by atoms with Crippen molar-refractivity contribution >= 4 is 23.8 Å². The second-order valence-electron chi connectivity index (χ2n) is 5.85. The highest BCUT2D eigenvalue weighted by molar-refractivity contribution is 5.91. The Labute approximate surface area is 164 Å². The fourth-order valence-corrected chi connectivity index (χ4v) is 2.42. The second kappa shape index (κ2) is 10.4. The molecule has 1 N–H and O–H groups in total. The second-order valence-corrected chi connectivity index (χ2v) is 5.85. The van der Waals surface area contributed by atoms with Gasteiger partial charge in [-0.15, -0.1) is 0 Å². The molecule has 0 radical (unpaired) electrons. The number of carbonyl (C=O) groups is 4. The van der Waals surface area contributed by atoms with Crippen LogP contribution >= 0.6 is 0 Å². The molecule has 1 aromatic rings. The zero-order chi connectivity index (χ0) is 22.2. The highest BCUT2D eigenvalue weighted by atomic mass is 19.4. The first-order valence-corrected chi connectivity index (χ1v) is 8.21. The molecule has 11 heteroatoms. The lowest BCUT2D eigenvalue weighted by Gasteiger charge is -2.23. The summed E-state index contributed by atoms with van der Waals surface area (Å²) in [6.07, 6.45) is -5.46. The lowest BCUT2D eigenvalue weighted by atomic mass is 9.95. The maximum Gasteiger partial charge on any atom is 0.416 e. The molecule has 8 nitrogen and oxygen atoms in total. The van der Waals surface area contributed by atoms with Crippen LogP contribution in [-0.2, 0) is 46.0 Å². The van der Waals surface area contributed by atoms with Gasteiger partial charge >= 0.3 is 24.1 Å². The van der Waals surface area contributed by atoms with Crippen LogP contribution in [0.1, 0.15) is 17.5 Å². The van der Waals surface area contributed by atoms with Gasteiger partial charge in [-0.05, 0) is 17.7 Å². The molecule has 0 aliphatic heterocycles. The summed E-state index contributed by atoms with van der Waals surface area (Å²) < 4.78 is 51.4. The number of hydrogen-bond acceptors (Lipinski definition) is 7. The van der Waals surface area contributed by atoms with Crippen molar-refractivity contribution in [1.29, 1.82) is 0 Å². The summed E-state index contributed by atoms with van der Waals surface area (Å²) in [6, 6.07) is 2.29. The molecule has 0 aromatic heterocycles. The van der Waals surface area contributed by atoms with Gasteiger partial charge in [-0.25, -0.2) is 4.79 Å². The van der Waals surface area contributed by atoms with E-state index < -0.39 is 53.9 Å². The van der Waals surface area contributed by atoms with E-state index in [4.69, 9.17) is 0 Å². The maximum atomic E-state index is 12.6. The van der Waals surface area contributed by atoms with Gasteiger partial charge < -0.3 is 19.5 Å². The van der Waals surface area contributed by atoms with Crippen LogP contribution in [0, 0.1) is 5.92 Å². The molecule has 1 rings (SSSR count). The standard InChI is InChI=1S/C18H20F3NO7/c1-27-14(24)9-12(16(25)28-2)15(17(26)29-3)22-13(23)8-10-4-6-11(7-5-10)18(19,20)21/h4-7,12,15H,8-9H2,1-3H3,(H,22,23)/t12-,15+/m1/s1. The Hall–Kier alpha value is -3.11. The van der Waals surface area contributed by atoms with E-state index in [0.717, 1.165) is 45.6 Å². The zero-order valence-electron chi connectivity index (χ0n) is 15.9. The molecule has 0 heterocycles. The van der Waals surface area contributed by atoms with Crippen molar-refractivity contribution in [1.82, 2.24) is 5.32 Å². The highest BCUT2D eigenvalue weighted by Gasteiger charge is 2.38. The van der Waals surface area contributed by atoms with Crippen LogP contribution in [0.5, 0.6) is 0 Å². The van der Waals surface area contributed by atoms with E-state index in [1.807, 2.05) is 0 Å². The van der Waals surface area contributed by atoms with Gasteiger partial charge in [0.25, 0.3) is 0 Å². The minimum absolute atomic E-state index is 0.238. The van der Waals surface area contributed by atoms with E-state index >= 15 is 0 Å². The maximum absolute atomic E-state index is 12.6. The summed E-state index contributed by atoms with van der Waals surface area (Å²) in [7, 11) is 3.13. The van der Waals surface area contributed by atoms with Crippen molar-refractivity contribution in [3.63, 3.8) is 0 Å². The normalized spacial score (nSPS) is 13.0. The van der Waals surface area contributed by atoms with Crippen molar-refractivity contribution in [3.8, 4) is 0 Å². The molecule has 1 aromatic carbocycles. The smallest absolute Gasteiger partial charge is 0.416 e. The first-order valence-electron chi connectivity index (χ1n) is 8.21. The number of rotatable bonds is 8. The van der Waals surface area contributed by atoms with Gasteiger partial charge in [-0.2, -0.15) is 13.2 Å². The lowest BCUT2D eigenvalue weighted by Crippen LogP contribution is -2.50. The first kappa shape index (κ1) is 23.9. The van der Waals surface area contributed by atoms with Crippen LogP contribution in [-0.4, -0.2) is 51.2 Å². The highest BCUT2D eigenvalue weighted by Crippen LogP contribution is 2.29. The van der Waals surface area contributed by atoms with Gasteiger partial charge in [0.05, 0.1) is 45.7 Å². The zero-order valence-corrected chi connectivity index (χ0v) is 15.9. The number of nitrogens with one attached hydrogen (secondary N) is 1. The van der Waals surface area contributed by atoms with Crippen LogP contribution in [0.2, 0.25) is 0 Å². The molecular weight excluding hydrogens is 399 g/mol. The van der Waals surface area contributed by atoms with Crippen molar-refractivity contribution in [2.45, 2.75) is 25.1 Å². The number of ether oxygens (including phenoxy) is 3. The summed E-state index contributed by atoms with van der Waals surface area (Å²) in [5.74, 6) is -4.99. The predicted molar refractivity (Wildman–Crippen MR) is 91.2 cm³/mol. The van der Waals surface area contributed by atoms with Crippen molar-refractivity contribution < 1.29 is 46.6 Å². The topological polar surface area (TPSA) is 108 Å². The average Bonchev–Trinajstić information content (AvgIpc) is 2.68. The minimum atomic E-state index is -4.52. The van der Waals surface area contributed by atoms with Crippen LogP contribution in [0.25, 0.3) is 0 Å². The molecule has 0 saturated heterocycles. The average molecular weight is 419 g/mol. The van der Waals surface area contributed by atoms with Gasteiger partial charge in [0.2, 0.25) is 5.91 Å². The number of methoxy groups -OCH3 is 3. The number of hydrogen-bond donors (Lipinski definition) is 1. The molecule has 0 aliphatic carbocycles. The van der Waals surface area contributed by atoms with Crippen molar-refractivity contribution in [2.75, 3.05) is 21.3 Å². The molecule has 160 valence electrons. The fourth-order valence-electron chi connectivity index (χ4n) is 2.42. The van der Waals surface area contributed by atoms with Crippen LogP contribution in [0.15, 0.2) is 24.3 Å². The Balaban J connectivity index is 2.98. The molecule has 29 heavy (non-hydrogen) atoms. The van der Waals surface area contributed by atoms with E-state index in [9.17, 15) is 32.3 Å². The van der Waals surface area contributed by atoms with Gasteiger partial charge in [0.15, 0.2) is 0 Å². The molecule has 0 fully saturated rings. The Bertz CT molecular complexity index is 747. The third-order valence-electron chi connectivity index (χ3n) is 3.94. The predicted octanol–water partition coefficient (Wildman–Crippen LogP) is 1.26. The summed E-state index contributed by atoms with van der Waals surface area (Å²) in [5.41, 5.74) is -0.639. The Kier molecular flexibility index (Phi) is 8.61. The molecule has 0 saturated carbocycles. The van der Waals surface area contributed by atoms with E-state index in [-0.39, 0.29) is 12.0 Å². The number of esters is 3. The van der Waals surface area contributed by atoms with Gasteiger partial charge in [0.1, 0.15) is 6.04 Å². The Morgan fingerprint density at radius 3 is 1.93 bits per heavy atom. The van der Waals surface area contributed by atoms with Crippen LogP contribution in [0.3, 0.4) is 0 Å². The van der Waals surface area contributed by atoms with E-state index in [1.54, 1.807) is 0 Å². The van der Waals surface area contributed by atoms with Crippen LogP contribution < -0.4 is 5.32 Å².